The van der Waals surface area contributed by atoms with Crippen LogP contribution in [0.25, 0.3) is 0 Å². The molecule has 1 aromatic carbocycles. The number of carbonyl (C=O) groups is 2. The molecule has 0 fully saturated rings. The van der Waals surface area contributed by atoms with Gasteiger partial charge in [0.2, 0.25) is 23.4 Å². The van der Waals surface area contributed by atoms with Crippen LogP contribution in [0.3, 0.4) is 0 Å². The minimum Gasteiger partial charge on any atom is -0.361 e. The Bertz CT molecular complexity index is 642. The fourth-order valence-electron chi connectivity index (χ4n) is 2.41. The Hall–Kier alpha value is -2.25. The van der Waals surface area contributed by atoms with Crippen molar-refractivity contribution in [1.82, 2.24) is 10.6 Å². The van der Waals surface area contributed by atoms with Gasteiger partial charge >= 0.3 is 0 Å². The molecule has 2 atom stereocenters. The lowest BCUT2D eigenvalue weighted by Crippen LogP contribution is -2.59. The maximum Gasteiger partial charge on any atom is 0.258 e. The van der Waals surface area contributed by atoms with Crippen LogP contribution in [0.2, 0.25) is 0 Å². The Kier molecular flexibility index (Phi) is 2.11. The highest BCUT2D eigenvalue weighted by Crippen LogP contribution is 2.46. The topological polar surface area (TPSA) is 111 Å². The van der Waals surface area contributed by atoms with E-state index in [0.29, 0.717) is 0 Å². The van der Waals surface area contributed by atoms with Crippen molar-refractivity contribution in [3.63, 3.8) is 0 Å². The molecule has 0 unspecified atom stereocenters. The lowest BCUT2D eigenvalue weighted by molar-refractivity contribution is -0.118. The number of nitrogens with zero attached hydrogens (tertiary/aromatic N) is 1. The summed E-state index contributed by atoms with van der Waals surface area (Å²) in [4.78, 5) is 27.0. The van der Waals surface area contributed by atoms with Crippen molar-refractivity contribution in [3.05, 3.63) is 35.4 Å². The van der Waals surface area contributed by atoms with Gasteiger partial charge in [-0.25, -0.2) is 4.99 Å². The van der Waals surface area contributed by atoms with Crippen LogP contribution < -0.4 is 10.6 Å². The van der Waals surface area contributed by atoms with Gasteiger partial charge in [-0.3, -0.25) is 14.9 Å². The summed E-state index contributed by atoms with van der Waals surface area (Å²) < 4.78 is 0. The summed E-state index contributed by atoms with van der Waals surface area (Å²) in [5.41, 5.74) is -4.01. The van der Waals surface area contributed by atoms with Gasteiger partial charge < -0.3 is 15.5 Å². The molecule has 0 radical (unpaired) electrons. The minimum atomic E-state index is -2.28. The van der Waals surface area contributed by atoms with Crippen molar-refractivity contribution < 1.29 is 19.8 Å². The molecule has 19 heavy (non-hydrogen) atoms. The molecule has 1 aliphatic heterocycles. The first-order valence-electron chi connectivity index (χ1n) is 5.63. The summed E-state index contributed by atoms with van der Waals surface area (Å²) in [7, 11) is 0. The second kappa shape index (κ2) is 3.40. The highest BCUT2D eigenvalue weighted by molar-refractivity contribution is 6.12. The number of amides is 1. The number of ketones is 1. The third-order valence-electron chi connectivity index (χ3n) is 3.25. The predicted molar refractivity (Wildman–Crippen MR) is 64.0 cm³/mol. The maximum absolute atomic E-state index is 12.2. The lowest BCUT2D eigenvalue weighted by atomic mass is 10.0. The molecule has 1 amide bonds. The Morgan fingerprint density at radius 3 is 2.74 bits per heavy atom. The molecular weight excluding hydrogens is 250 g/mol. The Morgan fingerprint density at radius 2 is 2.05 bits per heavy atom. The standard InChI is InChI=1S/C12H11N3O4/c1-6(16)13-10-14-11(18)8-5-3-2-4-7(8)9(17)12(11,19)15-10/h2-5,18-19H,1H3,(H2,13,14,15,16)/t11-,12+/m0/s1. The van der Waals surface area contributed by atoms with Crippen LogP contribution in [0.1, 0.15) is 22.8 Å². The average Bonchev–Trinajstić information content (AvgIpc) is 2.68. The fourth-order valence-corrected chi connectivity index (χ4v) is 2.41. The van der Waals surface area contributed by atoms with Crippen molar-refractivity contribution in [1.29, 1.82) is 0 Å². The summed E-state index contributed by atoms with van der Waals surface area (Å²) in [5, 5.41) is 25.6. The van der Waals surface area contributed by atoms with Crippen molar-refractivity contribution in [2.24, 2.45) is 4.99 Å². The molecule has 1 heterocycles. The first kappa shape index (κ1) is 11.8. The monoisotopic (exact) mass is 261 g/mol. The molecule has 7 nitrogen and oxygen atoms in total. The third kappa shape index (κ3) is 1.31. The number of carbonyl (C=O) groups excluding carboxylic acids is 2. The van der Waals surface area contributed by atoms with Gasteiger partial charge in [0, 0.05) is 18.1 Å². The zero-order valence-corrected chi connectivity index (χ0v) is 9.97. The zero-order chi connectivity index (χ0) is 13.8. The molecule has 98 valence electrons. The van der Waals surface area contributed by atoms with E-state index in [2.05, 4.69) is 15.6 Å². The van der Waals surface area contributed by atoms with Gasteiger partial charge in [-0.15, -0.1) is 0 Å². The van der Waals surface area contributed by atoms with Crippen molar-refractivity contribution in [2.45, 2.75) is 18.4 Å². The van der Waals surface area contributed by atoms with Crippen LogP contribution in [0, 0.1) is 0 Å². The molecule has 0 bridgehead atoms. The van der Waals surface area contributed by atoms with Crippen molar-refractivity contribution >= 4 is 17.6 Å². The normalized spacial score (nSPS) is 31.3. The van der Waals surface area contributed by atoms with Crippen LogP contribution in [0.5, 0.6) is 0 Å². The SMILES string of the molecule is CC(=O)NC1=N[C@]2(O)c3ccccc3C(=O)[C@]2(O)N1. The van der Waals surface area contributed by atoms with Gasteiger partial charge in [-0.1, -0.05) is 24.3 Å². The molecule has 7 heteroatoms. The van der Waals surface area contributed by atoms with Gasteiger partial charge in [0.25, 0.3) is 5.72 Å². The number of aliphatic imine (C=N–C) groups is 1. The number of Topliss-reactive ketones (excluding diaryl/α,β-unsaturated/α-hetero) is 1. The number of rotatable bonds is 0. The molecule has 0 spiro atoms. The van der Waals surface area contributed by atoms with E-state index in [9.17, 15) is 19.8 Å². The van der Waals surface area contributed by atoms with E-state index in [-0.39, 0.29) is 17.1 Å². The van der Waals surface area contributed by atoms with Crippen LogP contribution in [0.4, 0.5) is 0 Å². The second-order valence-electron chi connectivity index (χ2n) is 4.52. The number of benzene rings is 1. The van der Waals surface area contributed by atoms with E-state index in [1.807, 2.05) is 0 Å². The zero-order valence-electron chi connectivity index (χ0n) is 9.97. The first-order chi connectivity index (χ1) is 8.88. The average molecular weight is 261 g/mol. The highest BCUT2D eigenvalue weighted by Gasteiger charge is 2.67. The van der Waals surface area contributed by atoms with Gasteiger partial charge in [0.1, 0.15) is 0 Å². The lowest BCUT2D eigenvalue weighted by Gasteiger charge is -2.27. The van der Waals surface area contributed by atoms with Crippen LogP contribution in [-0.2, 0) is 10.5 Å². The third-order valence-corrected chi connectivity index (χ3v) is 3.25. The van der Waals surface area contributed by atoms with E-state index < -0.39 is 23.1 Å². The molecule has 0 saturated carbocycles. The number of hydrogen-bond donors (Lipinski definition) is 4. The number of hydrogen-bond acceptors (Lipinski definition) is 6. The van der Waals surface area contributed by atoms with E-state index in [0.717, 1.165) is 0 Å². The summed E-state index contributed by atoms with van der Waals surface area (Å²) in [5.74, 6) is -1.26. The summed E-state index contributed by atoms with van der Waals surface area (Å²) in [6.07, 6.45) is 0. The predicted octanol–water partition coefficient (Wildman–Crippen LogP) is -1.19. The molecule has 1 aliphatic carbocycles. The van der Waals surface area contributed by atoms with Crippen molar-refractivity contribution in [2.75, 3.05) is 0 Å². The quantitative estimate of drug-likeness (QED) is 0.469. The van der Waals surface area contributed by atoms with Crippen molar-refractivity contribution in [3.8, 4) is 0 Å². The molecule has 4 N–H and O–H groups in total. The molecule has 3 rings (SSSR count). The van der Waals surface area contributed by atoms with Gasteiger partial charge in [-0.05, 0) is 0 Å². The molecule has 2 aliphatic rings. The number of nitrogens with one attached hydrogen (secondary N) is 2. The van der Waals surface area contributed by atoms with Gasteiger partial charge in [0.05, 0.1) is 0 Å². The Balaban J connectivity index is 2.15. The first-order valence-corrected chi connectivity index (χ1v) is 5.63. The Labute approximate surface area is 108 Å². The van der Waals surface area contributed by atoms with Crippen LogP contribution >= 0.6 is 0 Å². The van der Waals surface area contributed by atoms with E-state index >= 15 is 0 Å². The van der Waals surface area contributed by atoms with E-state index in [4.69, 9.17) is 0 Å². The maximum atomic E-state index is 12.2. The molecule has 0 saturated heterocycles. The molecular formula is C12H11N3O4. The molecule has 0 aromatic heterocycles. The van der Waals surface area contributed by atoms with Crippen LogP contribution in [0.15, 0.2) is 29.3 Å². The largest absolute Gasteiger partial charge is 0.361 e. The molecule has 1 aromatic rings. The summed E-state index contributed by atoms with van der Waals surface area (Å²) in [6, 6.07) is 6.26. The highest BCUT2D eigenvalue weighted by atomic mass is 16.4. The van der Waals surface area contributed by atoms with Gasteiger partial charge in [-0.2, -0.15) is 0 Å². The number of aliphatic hydroxyl groups is 2. The van der Waals surface area contributed by atoms with Crippen LogP contribution in [-0.4, -0.2) is 33.6 Å². The minimum absolute atomic E-state index is 0.139. The number of guanidine groups is 1. The Morgan fingerprint density at radius 1 is 1.37 bits per heavy atom. The fraction of sp³-hybridized carbons (Fsp3) is 0.250. The van der Waals surface area contributed by atoms with Gasteiger partial charge in [0.15, 0.2) is 0 Å². The van der Waals surface area contributed by atoms with E-state index in [1.165, 1.54) is 19.1 Å². The smallest absolute Gasteiger partial charge is 0.258 e. The van der Waals surface area contributed by atoms with E-state index in [1.54, 1.807) is 12.1 Å². The summed E-state index contributed by atoms with van der Waals surface area (Å²) in [6.45, 7) is 1.25. The summed E-state index contributed by atoms with van der Waals surface area (Å²) >= 11 is 0. The second-order valence-corrected chi connectivity index (χ2v) is 4.52. The number of fused-ring (bicyclic) bond motifs is 3.